The molecule has 0 aliphatic heterocycles. The first-order valence-corrected chi connectivity index (χ1v) is 14.5. The van der Waals surface area contributed by atoms with Gasteiger partial charge in [0, 0.05) is 6.42 Å². The third-order valence-corrected chi connectivity index (χ3v) is 12.2. The van der Waals surface area contributed by atoms with Crippen LogP contribution in [0.2, 0.25) is 0 Å². The second-order valence-electron chi connectivity index (χ2n) is 14.3. The van der Waals surface area contributed by atoms with Crippen LogP contribution in [0.3, 0.4) is 0 Å². The Morgan fingerprint density at radius 3 is 2.26 bits per heavy atom. The molecule has 4 fully saturated rings. The van der Waals surface area contributed by atoms with Crippen LogP contribution in [0.1, 0.15) is 110 Å². The topological polar surface area (TPSA) is 40.5 Å². The zero-order valence-electron chi connectivity index (χ0n) is 22.5. The molecule has 2 N–H and O–H groups in total. The molecule has 5 rings (SSSR count). The summed E-state index contributed by atoms with van der Waals surface area (Å²) in [5.41, 5.74) is 2.37. The van der Waals surface area contributed by atoms with Gasteiger partial charge in [0.25, 0.3) is 0 Å². The van der Waals surface area contributed by atoms with Gasteiger partial charge in [0.2, 0.25) is 0 Å². The average molecular weight is 467 g/mol. The summed E-state index contributed by atoms with van der Waals surface area (Å²) in [6.45, 7) is 12.5. The van der Waals surface area contributed by atoms with E-state index >= 15 is 0 Å². The molecule has 2 heteroatoms. The molecule has 1 aromatic rings. The van der Waals surface area contributed by atoms with Gasteiger partial charge in [-0.15, -0.1) is 0 Å². The number of aliphatic hydroxyl groups is 2. The van der Waals surface area contributed by atoms with E-state index < -0.39 is 12.2 Å². The van der Waals surface area contributed by atoms with Crippen LogP contribution in [0.5, 0.6) is 0 Å². The predicted octanol–water partition coefficient (Wildman–Crippen LogP) is 7.79. The van der Waals surface area contributed by atoms with Crippen molar-refractivity contribution in [2.24, 2.45) is 51.8 Å². The molecule has 10 atom stereocenters. The molecular formula is C32H50O2. The number of hydrogen-bond acceptors (Lipinski definition) is 2. The van der Waals surface area contributed by atoms with Crippen molar-refractivity contribution in [3.8, 4) is 0 Å². The third-order valence-electron chi connectivity index (χ3n) is 12.2. The number of fused-ring (bicyclic) bond motifs is 5. The number of benzene rings is 1. The normalized spacial score (nSPS) is 43.8. The quantitative estimate of drug-likeness (QED) is 0.465. The lowest BCUT2D eigenvalue weighted by Gasteiger charge is -2.62. The summed E-state index contributed by atoms with van der Waals surface area (Å²) in [6, 6.07) is 9.86. The fourth-order valence-electron chi connectivity index (χ4n) is 10.1. The van der Waals surface area contributed by atoms with Crippen molar-refractivity contribution in [3.63, 3.8) is 0 Å². The standard InChI is InChI=1S/C32H50O2/c1-21(28(33)19-29(34)22-9-7-6-8-10-22)25-13-14-26-24-12-11-23-20-30(2,3)17-18-31(23,4)27(24)15-16-32(25,26)5/h6-10,21,23-29,33-34H,11-20H2,1-5H3/t21-,23-,24-,25+,26-,27-,28?,29?,31-,32+/m0/s1. The van der Waals surface area contributed by atoms with Crippen molar-refractivity contribution in [1.29, 1.82) is 0 Å². The molecule has 4 aliphatic rings. The maximum absolute atomic E-state index is 11.2. The van der Waals surface area contributed by atoms with Crippen LogP contribution in [-0.2, 0) is 0 Å². The molecule has 0 heterocycles. The van der Waals surface area contributed by atoms with Crippen LogP contribution in [-0.4, -0.2) is 16.3 Å². The fraction of sp³-hybridized carbons (Fsp3) is 0.812. The first-order valence-electron chi connectivity index (χ1n) is 14.5. The Hall–Kier alpha value is -0.860. The summed E-state index contributed by atoms with van der Waals surface area (Å²) < 4.78 is 0. The van der Waals surface area contributed by atoms with E-state index in [1.165, 1.54) is 57.8 Å². The molecule has 2 unspecified atom stereocenters. The van der Waals surface area contributed by atoms with Crippen LogP contribution in [0.15, 0.2) is 30.3 Å². The van der Waals surface area contributed by atoms with Crippen molar-refractivity contribution in [2.45, 2.75) is 111 Å². The van der Waals surface area contributed by atoms with Gasteiger partial charge < -0.3 is 10.2 Å². The lowest BCUT2D eigenvalue weighted by atomic mass is 9.43. The summed E-state index contributed by atoms with van der Waals surface area (Å²) in [6.07, 6.45) is 11.9. The van der Waals surface area contributed by atoms with E-state index in [4.69, 9.17) is 0 Å². The molecule has 0 saturated heterocycles. The molecule has 4 saturated carbocycles. The minimum atomic E-state index is -0.579. The Morgan fingerprint density at radius 1 is 0.824 bits per heavy atom. The second-order valence-corrected chi connectivity index (χ2v) is 14.3. The van der Waals surface area contributed by atoms with E-state index in [-0.39, 0.29) is 5.92 Å². The molecule has 34 heavy (non-hydrogen) atoms. The van der Waals surface area contributed by atoms with Crippen LogP contribution >= 0.6 is 0 Å². The Balaban J connectivity index is 1.29. The number of hydrogen-bond donors (Lipinski definition) is 2. The molecule has 0 aromatic heterocycles. The zero-order chi connectivity index (χ0) is 24.3. The molecule has 0 amide bonds. The van der Waals surface area contributed by atoms with E-state index in [0.29, 0.717) is 28.6 Å². The Labute approximate surface area is 208 Å². The fourth-order valence-corrected chi connectivity index (χ4v) is 10.1. The molecule has 1 aromatic carbocycles. The van der Waals surface area contributed by atoms with Crippen molar-refractivity contribution < 1.29 is 10.2 Å². The Bertz CT molecular complexity index is 848. The largest absolute Gasteiger partial charge is 0.393 e. The highest BCUT2D eigenvalue weighted by atomic mass is 16.3. The maximum atomic E-state index is 11.2. The van der Waals surface area contributed by atoms with Crippen LogP contribution in [0, 0.1) is 51.8 Å². The Kier molecular flexibility index (Phi) is 6.50. The van der Waals surface area contributed by atoms with Crippen molar-refractivity contribution in [1.82, 2.24) is 0 Å². The van der Waals surface area contributed by atoms with E-state index in [9.17, 15) is 10.2 Å². The maximum Gasteiger partial charge on any atom is 0.0814 e. The van der Waals surface area contributed by atoms with Gasteiger partial charge in [-0.1, -0.05) is 65.0 Å². The smallest absolute Gasteiger partial charge is 0.0814 e. The molecule has 0 radical (unpaired) electrons. The van der Waals surface area contributed by atoms with Gasteiger partial charge in [0.1, 0.15) is 0 Å². The van der Waals surface area contributed by atoms with Crippen LogP contribution < -0.4 is 0 Å². The summed E-state index contributed by atoms with van der Waals surface area (Å²) >= 11 is 0. The molecule has 0 spiro atoms. The van der Waals surface area contributed by atoms with Crippen molar-refractivity contribution in [3.05, 3.63) is 35.9 Å². The second kappa shape index (κ2) is 8.91. The van der Waals surface area contributed by atoms with Crippen molar-refractivity contribution >= 4 is 0 Å². The average Bonchev–Trinajstić information content (AvgIpc) is 3.16. The third kappa shape index (κ3) is 4.09. The summed E-state index contributed by atoms with van der Waals surface area (Å²) in [5, 5.41) is 22.0. The van der Waals surface area contributed by atoms with E-state index in [2.05, 4.69) is 34.6 Å². The first-order chi connectivity index (χ1) is 16.1. The molecule has 190 valence electrons. The van der Waals surface area contributed by atoms with E-state index in [1.807, 2.05) is 30.3 Å². The molecule has 0 bridgehead atoms. The van der Waals surface area contributed by atoms with E-state index in [0.717, 1.165) is 29.2 Å². The predicted molar refractivity (Wildman–Crippen MR) is 140 cm³/mol. The summed E-state index contributed by atoms with van der Waals surface area (Å²) in [5.74, 6) is 4.39. The summed E-state index contributed by atoms with van der Waals surface area (Å²) in [4.78, 5) is 0. The van der Waals surface area contributed by atoms with Gasteiger partial charge in [-0.25, -0.2) is 0 Å². The van der Waals surface area contributed by atoms with Crippen LogP contribution in [0.4, 0.5) is 0 Å². The molecule has 2 nitrogen and oxygen atoms in total. The van der Waals surface area contributed by atoms with Gasteiger partial charge in [-0.3, -0.25) is 0 Å². The van der Waals surface area contributed by atoms with Crippen LogP contribution in [0.25, 0.3) is 0 Å². The lowest BCUT2D eigenvalue weighted by Crippen LogP contribution is -2.54. The van der Waals surface area contributed by atoms with Gasteiger partial charge in [-0.2, -0.15) is 0 Å². The Morgan fingerprint density at radius 2 is 1.53 bits per heavy atom. The molecule has 4 aliphatic carbocycles. The highest BCUT2D eigenvalue weighted by molar-refractivity contribution is 5.17. The van der Waals surface area contributed by atoms with Crippen molar-refractivity contribution in [2.75, 3.05) is 0 Å². The van der Waals surface area contributed by atoms with Gasteiger partial charge in [-0.05, 0) is 115 Å². The number of aliphatic hydroxyl groups excluding tert-OH is 2. The number of rotatable bonds is 5. The highest BCUT2D eigenvalue weighted by Crippen LogP contribution is 2.69. The molecular weight excluding hydrogens is 416 g/mol. The van der Waals surface area contributed by atoms with E-state index in [1.54, 1.807) is 0 Å². The summed E-state index contributed by atoms with van der Waals surface area (Å²) in [7, 11) is 0. The van der Waals surface area contributed by atoms with Gasteiger partial charge in [0.15, 0.2) is 0 Å². The minimum absolute atomic E-state index is 0.243. The highest BCUT2D eigenvalue weighted by Gasteiger charge is 2.61. The SMILES string of the molecule is C[C@H](C(O)CC(O)c1ccccc1)[C@H]1CC[C@H]2[C@@H]3CC[C@H]4CC(C)(C)CC[C@]4(C)[C@H]3CC[C@]12C. The zero-order valence-corrected chi connectivity index (χ0v) is 22.5. The monoisotopic (exact) mass is 466 g/mol. The van der Waals surface area contributed by atoms with Gasteiger partial charge in [0.05, 0.1) is 12.2 Å². The van der Waals surface area contributed by atoms with Gasteiger partial charge >= 0.3 is 0 Å². The minimum Gasteiger partial charge on any atom is -0.393 e. The first kappa shape index (κ1) is 24.8. The lowest BCUT2D eigenvalue weighted by molar-refractivity contribution is -0.132.